The van der Waals surface area contributed by atoms with Gasteiger partial charge >= 0.3 is 11.8 Å². The second-order valence-corrected chi connectivity index (χ2v) is 4.94. The molecule has 3 N–H and O–H groups in total. The van der Waals surface area contributed by atoms with Crippen LogP contribution in [0.2, 0.25) is 0 Å². The van der Waals surface area contributed by atoms with Crippen LogP contribution in [0, 0.1) is 6.92 Å². The number of H-pyrrole nitrogens is 1. The average Bonchev–Trinajstić information content (AvgIpc) is 2.93. The fraction of sp³-hybridized carbons (Fsp3) is 0.286. The molecule has 0 saturated carbocycles. The first-order valence-electron chi connectivity index (χ1n) is 6.56. The van der Waals surface area contributed by atoms with E-state index in [1.165, 1.54) is 6.33 Å². The van der Waals surface area contributed by atoms with Gasteiger partial charge in [0.05, 0.1) is 0 Å². The lowest BCUT2D eigenvalue weighted by Crippen LogP contribution is -2.30. The van der Waals surface area contributed by atoms with Gasteiger partial charge < -0.3 is 5.32 Å². The molecule has 0 atom stereocenters. The average molecular weight is 287 g/mol. The number of carbonyl (C=O) groups is 2. The largest absolute Gasteiger partial charge is 0.317 e. The van der Waals surface area contributed by atoms with Crippen LogP contribution in [0.5, 0.6) is 0 Å². The number of hydrogen-bond donors (Lipinski definition) is 3. The van der Waals surface area contributed by atoms with Crippen molar-refractivity contribution in [3.05, 3.63) is 35.7 Å². The highest BCUT2D eigenvalue weighted by Crippen LogP contribution is 2.27. The van der Waals surface area contributed by atoms with Crippen molar-refractivity contribution in [1.82, 2.24) is 15.2 Å². The van der Waals surface area contributed by atoms with Crippen molar-refractivity contribution in [2.45, 2.75) is 26.7 Å². The smallest absolute Gasteiger partial charge is 0.316 e. The second-order valence-electron chi connectivity index (χ2n) is 4.94. The molecule has 0 saturated heterocycles. The predicted molar refractivity (Wildman–Crippen MR) is 78.9 cm³/mol. The molecule has 7 heteroatoms. The third kappa shape index (κ3) is 3.44. The number of rotatable bonds is 3. The van der Waals surface area contributed by atoms with Gasteiger partial charge in [-0.05, 0) is 24.0 Å². The number of para-hydroxylation sites is 1. The fourth-order valence-corrected chi connectivity index (χ4v) is 1.94. The molecule has 0 aliphatic heterocycles. The molecule has 1 heterocycles. The van der Waals surface area contributed by atoms with E-state index in [9.17, 15) is 9.59 Å². The van der Waals surface area contributed by atoms with Crippen molar-refractivity contribution in [3.8, 4) is 0 Å². The Bertz CT molecular complexity index is 649. The number of hydrogen-bond acceptors (Lipinski definition) is 4. The maximum atomic E-state index is 12.0. The van der Waals surface area contributed by atoms with E-state index in [1.807, 2.05) is 39.0 Å². The van der Waals surface area contributed by atoms with Crippen LogP contribution < -0.4 is 10.6 Å². The van der Waals surface area contributed by atoms with Gasteiger partial charge in [0, 0.05) is 5.69 Å². The summed E-state index contributed by atoms with van der Waals surface area (Å²) in [6.45, 7) is 5.94. The van der Waals surface area contributed by atoms with E-state index in [-0.39, 0.29) is 11.9 Å². The Morgan fingerprint density at radius 1 is 1.19 bits per heavy atom. The van der Waals surface area contributed by atoms with Gasteiger partial charge in [-0.2, -0.15) is 10.1 Å². The maximum Gasteiger partial charge on any atom is 0.316 e. The number of nitrogens with zero attached hydrogens (tertiary/aromatic N) is 2. The van der Waals surface area contributed by atoms with Crippen molar-refractivity contribution >= 4 is 23.5 Å². The van der Waals surface area contributed by atoms with Gasteiger partial charge in [-0.1, -0.05) is 32.0 Å². The van der Waals surface area contributed by atoms with Gasteiger partial charge in [-0.15, -0.1) is 0 Å². The Balaban J connectivity index is 2.14. The third-order valence-electron chi connectivity index (χ3n) is 3.02. The number of nitrogens with one attached hydrogen (secondary N) is 3. The number of anilines is 2. The SMILES string of the molecule is Cc1cccc(C(C)C)c1NC(=O)C(=O)Nc1ncn[nH]1. The molecule has 1 aromatic carbocycles. The van der Waals surface area contributed by atoms with Gasteiger partial charge in [-0.25, -0.2) is 5.10 Å². The molecule has 0 aliphatic rings. The summed E-state index contributed by atoms with van der Waals surface area (Å²) in [6.07, 6.45) is 1.24. The molecule has 0 unspecified atom stereocenters. The number of carbonyl (C=O) groups excluding carboxylic acids is 2. The molecule has 0 bridgehead atoms. The number of aryl methyl sites for hydroxylation is 1. The highest BCUT2D eigenvalue weighted by atomic mass is 16.2. The molecule has 0 radical (unpaired) electrons. The summed E-state index contributed by atoms with van der Waals surface area (Å²) >= 11 is 0. The summed E-state index contributed by atoms with van der Waals surface area (Å²) in [6, 6.07) is 5.74. The molecule has 0 fully saturated rings. The minimum Gasteiger partial charge on any atom is -0.317 e. The Kier molecular flexibility index (Phi) is 4.32. The molecular weight excluding hydrogens is 270 g/mol. The van der Waals surface area contributed by atoms with E-state index in [0.29, 0.717) is 5.69 Å². The minimum absolute atomic E-state index is 0.129. The topological polar surface area (TPSA) is 99.8 Å². The highest BCUT2D eigenvalue weighted by Gasteiger charge is 2.18. The molecule has 0 spiro atoms. The second kappa shape index (κ2) is 6.17. The Labute approximate surface area is 122 Å². The molecule has 0 aliphatic carbocycles. The van der Waals surface area contributed by atoms with Crippen LogP contribution in [0.3, 0.4) is 0 Å². The van der Waals surface area contributed by atoms with Gasteiger partial charge in [0.25, 0.3) is 0 Å². The number of aromatic nitrogens is 3. The van der Waals surface area contributed by atoms with Gasteiger partial charge in [0.15, 0.2) is 0 Å². The number of benzene rings is 1. The lowest BCUT2D eigenvalue weighted by molar-refractivity contribution is -0.133. The molecule has 110 valence electrons. The maximum absolute atomic E-state index is 12.0. The quantitative estimate of drug-likeness (QED) is 0.749. The van der Waals surface area contributed by atoms with Crippen LogP contribution in [0.4, 0.5) is 11.6 Å². The summed E-state index contributed by atoms with van der Waals surface area (Å²) in [5.41, 5.74) is 2.56. The summed E-state index contributed by atoms with van der Waals surface area (Å²) in [5.74, 6) is -1.19. The zero-order chi connectivity index (χ0) is 15.4. The van der Waals surface area contributed by atoms with E-state index in [2.05, 4.69) is 25.8 Å². The normalized spacial score (nSPS) is 10.5. The molecule has 7 nitrogen and oxygen atoms in total. The van der Waals surface area contributed by atoms with Crippen molar-refractivity contribution < 1.29 is 9.59 Å². The molecule has 21 heavy (non-hydrogen) atoms. The van der Waals surface area contributed by atoms with Crippen molar-refractivity contribution in [3.63, 3.8) is 0 Å². The third-order valence-corrected chi connectivity index (χ3v) is 3.02. The Morgan fingerprint density at radius 2 is 1.90 bits per heavy atom. The molecular formula is C14H17N5O2. The molecule has 1 aromatic heterocycles. The molecule has 2 amide bonds. The van der Waals surface area contributed by atoms with E-state index < -0.39 is 11.8 Å². The lowest BCUT2D eigenvalue weighted by atomic mass is 9.98. The first-order valence-corrected chi connectivity index (χ1v) is 6.56. The van der Waals surface area contributed by atoms with Gasteiger partial charge in [0.2, 0.25) is 5.95 Å². The van der Waals surface area contributed by atoms with Crippen LogP contribution >= 0.6 is 0 Å². The van der Waals surface area contributed by atoms with Crippen LogP contribution in [-0.2, 0) is 9.59 Å². The van der Waals surface area contributed by atoms with Crippen LogP contribution in [0.25, 0.3) is 0 Å². The Morgan fingerprint density at radius 3 is 2.52 bits per heavy atom. The van der Waals surface area contributed by atoms with Crippen LogP contribution in [0.1, 0.15) is 30.9 Å². The minimum atomic E-state index is -0.801. The fourth-order valence-electron chi connectivity index (χ4n) is 1.94. The van der Waals surface area contributed by atoms with E-state index in [1.54, 1.807) is 0 Å². The summed E-state index contributed by atoms with van der Waals surface area (Å²) < 4.78 is 0. The summed E-state index contributed by atoms with van der Waals surface area (Å²) in [5, 5.41) is 11.0. The first-order chi connectivity index (χ1) is 9.99. The van der Waals surface area contributed by atoms with Gasteiger partial charge in [0.1, 0.15) is 6.33 Å². The monoisotopic (exact) mass is 287 g/mol. The van der Waals surface area contributed by atoms with Gasteiger partial charge in [-0.3, -0.25) is 14.9 Å². The number of aromatic amines is 1. The summed E-state index contributed by atoms with van der Waals surface area (Å²) in [7, 11) is 0. The zero-order valence-electron chi connectivity index (χ0n) is 12.1. The van der Waals surface area contributed by atoms with Crippen molar-refractivity contribution in [2.75, 3.05) is 10.6 Å². The highest BCUT2D eigenvalue weighted by molar-refractivity contribution is 6.43. The van der Waals surface area contributed by atoms with E-state index >= 15 is 0 Å². The Hall–Kier alpha value is -2.70. The number of amides is 2. The van der Waals surface area contributed by atoms with Crippen molar-refractivity contribution in [2.24, 2.45) is 0 Å². The van der Waals surface area contributed by atoms with Crippen LogP contribution in [-0.4, -0.2) is 27.0 Å². The summed E-state index contributed by atoms with van der Waals surface area (Å²) in [4.78, 5) is 27.5. The lowest BCUT2D eigenvalue weighted by Gasteiger charge is -2.15. The molecule has 2 rings (SSSR count). The van der Waals surface area contributed by atoms with Crippen LogP contribution in [0.15, 0.2) is 24.5 Å². The standard InChI is InChI=1S/C14H17N5O2/c1-8(2)10-6-4-5-9(3)11(10)17-12(20)13(21)18-14-15-7-16-19-14/h4-8H,1-3H3,(H,17,20)(H2,15,16,18,19,21). The molecule has 2 aromatic rings. The van der Waals surface area contributed by atoms with E-state index in [4.69, 9.17) is 0 Å². The van der Waals surface area contributed by atoms with Crippen molar-refractivity contribution in [1.29, 1.82) is 0 Å². The van der Waals surface area contributed by atoms with E-state index in [0.717, 1.165) is 11.1 Å². The first kappa shape index (κ1) is 14.7. The predicted octanol–water partition coefficient (Wildman–Crippen LogP) is 1.81. The zero-order valence-corrected chi connectivity index (χ0v) is 12.1.